The van der Waals surface area contributed by atoms with Crippen LogP contribution in [0.4, 0.5) is 0 Å². The van der Waals surface area contributed by atoms with Gasteiger partial charge in [-0.25, -0.2) is 18.1 Å². The molecule has 0 radical (unpaired) electrons. The smallest absolute Gasteiger partial charge is 0.259 e. The molecule has 22 heavy (non-hydrogen) atoms. The minimum Gasteiger partial charge on any atom is -0.372 e. The summed E-state index contributed by atoms with van der Waals surface area (Å²) in [5.41, 5.74) is -0.0570. The number of nitrogens with zero attached hydrogens (tertiary/aromatic N) is 2. The summed E-state index contributed by atoms with van der Waals surface area (Å²) >= 11 is 5.99. The van der Waals surface area contributed by atoms with Crippen LogP contribution in [0.5, 0.6) is 0 Å². The first-order valence-corrected chi connectivity index (χ1v) is 8.42. The molecule has 0 saturated carbocycles. The molecule has 0 aliphatic carbocycles. The average molecular weight is 344 g/mol. The molecular formula is C14H18ClN3O3S. The standard InChI is InChI=1S/C14H18ClN3O3S/c1-14(21-3,11-5-4-6-12(15)7-11)9-17-22(19,20)13-8-18(2)10-16-13/h4-8,10,17H,9H2,1-3H3/t14-/m1/s1. The number of sulfonamides is 1. The normalized spacial score (nSPS) is 14.7. The topological polar surface area (TPSA) is 73.2 Å². The van der Waals surface area contributed by atoms with E-state index in [0.717, 1.165) is 5.56 Å². The minimum atomic E-state index is -3.70. The van der Waals surface area contributed by atoms with Crippen molar-refractivity contribution in [1.82, 2.24) is 14.3 Å². The Balaban J connectivity index is 2.20. The average Bonchev–Trinajstić information content (AvgIpc) is 2.92. The van der Waals surface area contributed by atoms with Crippen LogP contribution in [0.25, 0.3) is 0 Å². The van der Waals surface area contributed by atoms with E-state index in [4.69, 9.17) is 16.3 Å². The van der Waals surface area contributed by atoms with Gasteiger partial charge in [0.25, 0.3) is 10.0 Å². The van der Waals surface area contributed by atoms with Crippen LogP contribution in [-0.4, -0.2) is 31.6 Å². The van der Waals surface area contributed by atoms with Gasteiger partial charge in [-0.2, -0.15) is 0 Å². The lowest BCUT2D eigenvalue weighted by molar-refractivity contribution is 0.00698. The minimum absolute atomic E-state index is 0.0282. The Morgan fingerprint density at radius 2 is 2.18 bits per heavy atom. The van der Waals surface area contributed by atoms with E-state index in [1.54, 1.807) is 36.7 Å². The maximum absolute atomic E-state index is 12.2. The molecule has 1 heterocycles. The highest BCUT2D eigenvalue weighted by molar-refractivity contribution is 7.89. The van der Waals surface area contributed by atoms with Gasteiger partial charge in [-0.05, 0) is 24.6 Å². The summed E-state index contributed by atoms with van der Waals surface area (Å²) in [6.07, 6.45) is 2.87. The van der Waals surface area contributed by atoms with Crippen molar-refractivity contribution in [3.05, 3.63) is 47.4 Å². The van der Waals surface area contributed by atoms with Gasteiger partial charge in [0.2, 0.25) is 0 Å². The number of methoxy groups -OCH3 is 1. The number of hydrogen-bond donors (Lipinski definition) is 1. The zero-order valence-electron chi connectivity index (χ0n) is 12.6. The summed E-state index contributed by atoms with van der Waals surface area (Å²) in [7, 11) is -0.466. The number of hydrogen-bond acceptors (Lipinski definition) is 4. The Bertz CT molecular complexity index is 760. The van der Waals surface area contributed by atoms with Gasteiger partial charge < -0.3 is 9.30 Å². The molecule has 2 rings (SSSR count). The van der Waals surface area contributed by atoms with Gasteiger partial charge >= 0.3 is 0 Å². The van der Waals surface area contributed by atoms with E-state index < -0.39 is 15.6 Å². The van der Waals surface area contributed by atoms with Crippen LogP contribution in [0, 0.1) is 0 Å². The molecule has 0 saturated heterocycles. The van der Waals surface area contributed by atoms with Gasteiger partial charge in [-0.15, -0.1) is 0 Å². The first-order chi connectivity index (χ1) is 10.3. The zero-order chi connectivity index (χ0) is 16.4. The highest BCUT2D eigenvalue weighted by Gasteiger charge is 2.29. The molecule has 0 aliphatic heterocycles. The van der Waals surface area contributed by atoms with Gasteiger partial charge in [0.1, 0.15) is 5.60 Å². The molecule has 0 amide bonds. The molecule has 0 fully saturated rings. The summed E-state index contributed by atoms with van der Waals surface area (Å²) in [4.78, 5) is 3.85. The van der Waals surface area contributed by atoms with Gasteiger partial charge in [0.15, 0.2) is 5.03 Å². The van der Waals surface area contributed by atoms with E-state index in [0.29, 0.717) is 5.02 Å². The third kappa shape index (κ3) is 3.67. The molecule has 0 aliphatic rings. The number of benzene rings is 1. The maximum atomic E-state index is 12.2. The molecule has 120 valence electrons. The summed E-state index contributed by atoms with van der Waals surface area (Å²) in [5, 5.41) is 0.535. The molecule has 8 heteroatoms. The van der Waals surface area contributed by atoms with Crippen LogP contribution >= 0.6 is 11.6 Å². The molecule has 0 spiro atoms. The molecule has 0 unspecified atom stereocenters. The monoisotopic (exact) mass is 343 g/mol. The predicted octanol–water partition coefficient (Wildman–Crippen LogP) is 1.91. The first kappa shape index (κ1) is 17.0. The Morgan fingerprint density at radius 3 is 2.73 bits per heavy atom. The van der Waals surface area contributed by atoms with E-state index in [9.17, 15) is 8.42 Å². The molecule has 1 aromatic heterocycles. The van der Waals surface area contributed by atoms with Gasteiger partial charge in [0.05, 0.1) is 6.33 Å². The van der Waals surface area contributed by atoms with E-state index in [1.807, 2.05) is 6.07 Å². The fraction of sp³-hybridized carbons (Fsp3) is 0.357. The summed E-state index contributed by atoms with van der Waals surface area (Å²) < 4.78 is 34.1. The van der Waals surface area contributed by atoms with Gasteiger partial charge in [-0.1, -0.05) is 23.7 Å². The number of aromatic nitrogens is 2. The number of ether oxygens (including phenoxy) is 1. The van der Waals surface area contributed by atoms with Crippen molar-refractivity contribution in [2.45, 2.75) is 17.6 Å². The number of halogens is 1. The number of rotatable bonds is 6. The number of imidazole rings is 1. The summed E-state index contributed by atoms with van der Waals surface area (Å²) in [5.74, 6) is 0. The predicted molar refractivity (Wildman–Crippen MR) is 84.2 cm³/mol. The quantitative estimate of drug-likeness (QED) is 0.869. The van der Waals surface area contributed by atoms with E-state index in [-0.39, 0.29) is 11.6 Å². The zero-order valence-corrected chi connectivity index (χ0v) is 14.1. The summed E-state index contributed by atoms with van der Waals surface area (Å²) in [6.45, 7) is 1.85. The van der Waals surface area contributed by atoms with Crippen LogP contribution in [0.2, 0.25) is 5.02 Å². The molecule has 1 N–H and O–H groups in total. The first-order valence-electron chi connectivity index (χ1n) is 6.56. The molecule has 6 nitrogen and oxygen atoms in total. The van der Waals surface area contributed by atoms with Crippen molar-refractivity contribution < 1.29 is 13.2 Å². The molecule has 0 bridgehead atoms. The Morgan fingerprint density at radius 1 is 1.45 bits per heavy atom. The van der Waals surface area contributed by atoms with Crippen molar-refractivity contribution in [3.63, 3.8) is 0 Å². The Kier molecular flexibility index (Phi) is 4.91. The van der Waals surface area contributed by atoms with E-state index in [2.05, 4.69) is 9.71 Å². The van der Waals surface area contributed by atoms with Crippen LogP contribution in [0.3, 0.4) is 0 Å². The van der Waals surface area contributed by atoms with Crippen LogP contribution in [0.15, 0.2) is 41.8 Å². The third-order valence-corrected chi connectivity index (χ3v) is 4.96. The van der Waals surface area contributed by atoms with E-state index >= 15 is 0 Å². The van der Waals surface area contributed by atoms with Crippen molar-refractivity contribution in [2.24, 2.45) is 7.05 Å². The maximum Gasteiger partial charge on any atom is 0.259 e. The SMILES string of the molecule is CO[C@](C)(CNS(=O)(=O)c1cn(C)cn1)c1cccc(Cl)c1. The lowest BCUT2D eigenvalue weighted by Crippen LogP contribution is -2.40. The van der Waals surface area contributed by atoms with Crippen LogP contribution in [-0.2, 0) is 27.4 Å². The Labute approximate surface area is 135 Å². The summed E-state index contributed by atoms with van der Waals surface area (Å²) in [6, 6.07) is 7.13. The number of nitrogens with one attached hydrogen (secondary N) is 1. The highest BCUT2D eigenvalue weighted by atomic mass is 35.5. The van der Waals surface area contributed by atoms with Crippen molar-refractivity contribution >= 4 is 21.6 Å². The molecular weight excluding hydrogens is 326 g/mol. The van der Waals surface area contributed by atoms with E-state index in [1.165, 1.54) is 19.6 Å². The second kappa shape index (κ2) is 6.37. The van der Waals surface area contributed by atoms with Crippen molar-refractivity contribution in [2.75, 3.05) is 13.7 Å². The second-order valence-corrected chi connectivity index (χ2v) is 7.30. The molecule has 1 aromatic carbocycles. The van der Waals surface area contributed by atoms with Crippen LogP contribution in [0.1, 0.15) is 12.5 Å². The van der Waals surface area contributed by atoms with Crippen molar-refractivity contribution in [1.29, 1.82) is 0 Å². The van der Waals surface area contributed by atoms with Gasteiger partial charge in [-0.3, -0.25) is 0 Å². The molecule has 2 aromatic rings. The fourth-order valence-electron chi connectivity index (χ4n) is 1.94. The van der Waals surface area contributed by atoms with Gasteiger partial charge in [0, 0.05) is 31.9 Å². The Hall–Kier alpha value is -1.41. The fourth-order valence-corrected chi connectivity index (χ4v) is 3.24. The third-order valence-electron chi connectivity index (χ3n) is 3.44. The largest absolute Gasteiger partial charge is 0.372 e. The lowest BCUT2D eigenvalue weighted by atomic mass is 9.96. The molecule has 1 atom stereocenters. The van der Waals surface area contributed by atoms with Crippen molar-refractivity contribution in [3.8, 4) is 0 Å². The highest BCUT2D eigenvalue weighted by Crippen LogP contribution is 2.26. The lowest BCUT2D eigenvalue weighted by Gasteiger charge is -2.29. The van der Waals surface area contributed by atoms with Crippen LogP contribution < -0.4 is 4.72 Å². The second-order valence-electron chi connectivity index (χ2n) is 5.15. The number of aryl methyl sites for hydroxylation is 1.